The fourth-order valence-corrected chi connectivity index (χ4v) is 0.729. The van der Waals surface area contributed by atoms with E-state index in [1.54, 1.807) is 6.20 Å². The number of hydrogen-bond acceptors (Lipinski definition) is 2. The van der Waals surface area contributed by atoms with Crippen molar-refractivity contribution in [3.63, 3.8) is 0 Å². The average Bonchev–Trinajstić information content (AvgIpc) is 1.97. The van der Waals surface area contributed by atoms with Crippen LogP contribution in [0.15, 0.2) is 17.9 Å². The zero-order valence-corrected chi connectivity index (χ0v) is 7.75. The highest BCUT2D eigenvalue weighted by atomic mass is 15.4. The minimum Gasteiger partial charge on any atom is -0.273 e. The summed E-state index contributed by atoms with van der Waals surface area (Å²) in [6.45, 7) is 11.0. The van der Waals surface area contributed by atoms with E-state index in [9.17, 15) is 0 Å². The molecule has 0 saturated carbocycles. The fraction of sp³-hybridized carbons (Fsp3) is 0.667. The van der Waals surface area contributed by atoms with Crippen molar-refractivity contribution in [2.45, 2.75) is 27.2 Å². The predicted octanol–water partition coefficient (Wildman–Crippen LogP) is 2.48. The molecular weight excluding hydrogens is 136 g/mol. The maximum atomic E-state index is 4.19. The van der Waals surface area contributed by atoms with Gasteiger partial charge in [0.1, 0.15) is 0 Å². The third kappa shape index (κ3) is 5.64. The maximum absolute atomic E-state index is 4.19. The molecule has 2 nitrogen and oxygen atoms in total. The zero-order chi connectivity index (χ0) is 8.69. The first-order valence-corrected chi connectivity index (χ1v) is 4.12. The molecule has 0 radical (unpaired) electrons. The summed E-state index contributed by atoms with van der Waals surface area (Å²) in [4.78, 5) is 0. The van der Waals surface area contributed by atoms with Crippen LogP contribution in [0.2, 0.25) is 0 Å². The second-order valence-corrected chi connectivity index (χ2v) is 2.90. The molecule has 11 heavy (non-hydrogen) atoms. The topological polar surface area (TPSA) is 15.6 Å². The van der Waals surface area contributed by atoms with Crippen molar-refractivity contribution < 1.29 is 0 Å². The molecule has 0 aliphatic heterocycles. The Bertz CT molecular complexity index is 128. The van der Waals surface area contributed by atoms with E-state index < -0.39 is 0 Å². The molecule has 0 spiro atoms. The summed E-state index contributed by atoms with van der Waals surface area (Å²) in [6.07, 6.45) is 4.62. The smallest absolute Gasteiger partial charge is 0.0431 e. The van der Waals surface area contributed by atoms with Gasteiger partial charge in [0, 0.05) is 19.0 Å². The number of nitrogens with zero attached hydrogens (tertiary/aromatic N) is 2. The lowest BCUT2D eigenvalue weighted by Gasteiger charge is -2.15. The van der Waals surface area contributed by atoms with Gasteiger partial charge in [-0.05, 0) is 12.3 Å². The highest BCUT2D eigenvalue weighted by molar-refractivity contribution is 5.56. The van der Waals surface area contributed by atoms with Gasteiger partial charge in [-0.3, -0.25) is 5.01 Å². The molecule has 0 aliphatic carbocycles. The molecule has 0 aromatic heterocycles. The van der Waals surface area contributed by atoms with Gasteiger partial charge < -0.3 is 0 Å². The summed E-state index contributed by atoms with van der Waals surface area (Å²) in [5.41, 5.74) is 0. The molecule has 0 aromatic rings. The third-order valence-corrected chi connectivity index (χ3v) is 1.18. The van der Waals surface area contributed by atoms with Crippen LogP contribution in [0.1, 0.15) is 27.2 Å². The molecule has 0 aromatic carbocycles. The van der Waals surface area contributed by atoms with E-state index >= 15 is 0 Å². The van der Waals surface area contributed by atoms with Crippen LogP contribution >= 0.6 is 0 Å². The monoisotopic (exact) mass is 154 g/mol. The van der Waals surface area contributed by atoms with Crippen molar-refractivity contribution in [3.8, 4) is 0 Å². The van der Waals surface area contributed by atoms with Gasteiger partial charge in [0.25, 0.3) is 0 Å². The molecule has 0 saturated heterocycles. The minimum absolute atomic E-state index is 0.627. The normalized spacial score (nSPS) is 10.9. The summed E-state index contributed by atoms with van der Waals surface area (Å²) >= 11 is 0. The first-order valence-electron chi connectivity index (χ1n) is 4.12. The van der Waals surface area contributed by atoms with Gasteiger partial charge in [0.15, 0.2) is 0 Å². The van der Waals surface area contributed by atoms with Crippen molar-refractivity contribution >= 4 is 6.21 Å². The molecule has 0 bridgehead atoms. The molecule has 0 N–H and O–H groups in total. The SMILES string of the molecule is C=CN(CC(C)C)/N=C\CC. The highest BCUT2D eigenvalue weighted by Gasteiger charge is 1.97. The molecule has 0 aliphatic rings. The number of hydrazone groups is 1. The Morgan fingerprint density at radius 3 is 2.55 bits per heavy atom. The van der Waals surface area contributed by atoms with Gasteiger partial charge in [-0.15, -0.1) is 0 Å². The fourth-order valence-electron chi connectivity index (χ4n) is 0.729. The molecule has 0 unspecified atom stereocenters. The van der Waals surface area contributed by atoms with Crippen LogP contribution in [-0.2, 0) is 0 Å². The van der Waals surface area contributed by atoms with E-state index in [0.29, 0.717) is 5.92 Å². The molecular formula is C9H18N2. The Hall–Kier alpha value is -0.790. The second-order valence-electron chi connectivity index (χ2n) is 2.90. The minimum atomic E-state index is 0.627. The van der Waals surface area contributed by atoms with Crippen LogP contribution in [0.25, 0.3) is 0 Å². The Balaban J connectivity index is 3.75. The van der Waals surface area contributed by atoms with E-state index in [1.807, 2.05) is 11.2 Å². The zero-order valence-electron chi connectivity index (χ0n) is 7.75. The molecule has 0 amide bonds. The summed E-state index contributed by atoms with van der Waals surface area (Å²) < 4.78 is 0. The number of hydrogen-bond donors (Lipinski definition) is 0. The Kier molecular flexibility index (Phi) is 5.53. The first-order chi connectivity index (χ1) is 5.20. The van der Waals surface area contributed by atoms with Crippen molar-refractivity contribution in [3.05, 3.63) is 12.8 Å². The summed E-state index contributed by atoms with van der Waals surface area (Å²) in [5, 5.41) is 6.06. The van der Waals surface area contributed by atoms with Gasteiger partial charge in [0.2, 0.25) is 0 Å². The lowest BCUT2D eigenvalue weighted by atomic mass is 10.2. The largest absolute Gasteiger partial charge is 0.273 e. The van der Waals surface area contributed by atoms with Gasteiger partial charge in [-0.1, -0.05) is 27.4 Å². The molecule has 64 valence electrons. The lowest BCUT2D eigenvalue weighted by molar-refractivity contribution is 0.348. The molecule has 0 atom stereocenters. The molecule has 0 heterocycles. The average molecular weight is 154 g/mol. The number of rotatable bonds is 5. The Morgan fingerprint density at radius 1 is 1.55 bits per heavy atom. The van der Waals surface area contributed by atoms with Crippen molar-refractivity contribution in [1.82, 2.24) is 5.01 Å². The van der Waals surface area contributed by atoms with Crippen LogP contribution in [0.5, 0.6) is 0 Å². The van der Waals surface area contributed by atoms with E-state index in [1.165, 1.54) is 0 Å². The van der Waals surface area contributed by atoms with Crippen molar-refractivity contribution in [1.29, 1.82) is 0 Å². The quantitative estimate of drug-likeness (QED) is 0.439. The predicted molar refractivity (Wildman–Crippen MR) is 50.5 cm³/mol. The van der Waals surface area contributed by atoms with Crippen LogP contribution in [0.3, 0.4) is 0 Å². The molecule has 0 rings (SSSR count). The summed E-state index contributed by atoms with van der Waals surface area (Å²) in [5.74, 6) is 0.627. The van der Waals surface area contributed by atoms with E-state index in [-0.39, 0.29) is 0 Å². The van der Waals surface area contributed by atoms with Crippen LogP contribution in [0, 0.1) is 5.92 Å². The van der Waals surface area contributed by atoms with E-state index in [2.05, 4.69) is 32.5 Å². The van der Waals surface area contributed by atoms with E-state index in [4.69, 9.17) is 0 Å². The van der Waals surface area contributed by atoms with Crippen LogP contribution < -0.4 is 0 Å². The standard InChI is InChI=1S/C9H18N2/c1-5-7-10-11(6-2)8-9(3)4/h6-7,9H,2,5,8H2,1,3-4H3/b10-7-. The van der Waals surface area contributed by atoms with E-state index in [0.717, 1.165) is 13.0 Å². The van der Waals surface area contributed by atoms with Gasteiger partial charge in [-0.25, -0.2) is 0 Å². The molecule has 2 heteroatoms. The highest BCUT2D eigenvalue weighted by Crippen LogP contribution is 1.98. The van der Waals surface area contributed by atoms with Gasteiger partial charge >= 0.3 is 0 Å². The summed E-state index contributed by atoms with van der Waals surface area (Å²) in [6, 6.07) is 0. The van der Waals surface area contributed by atoms with Gasteiger partial charge in [0.05, 0.1) is 0 Å². The summed E-state index contributed by atoms with van der Waals surface area (Å²) in [7, 11) is 0. The van der Waals surface area contributed by atoms with Crippen LogP contribution in [0.4, 0.5) is 0 Å². The third-order valence-electron chi connectivity index (χ3n) is 1.18. The Morgan fingerprint density at radius 2 is 2.18 bits per heavy atom. The van der Waals surface area contributed by atoms with Crippen molar-refractivity contribution in [2.24, 2.45) is 11.0 Å². The maximum Gasteiger partial charge on any atom is 0.0431 e. The van der Waals surface area contributed by atoms with Crippen molar-refractivity contribution in [2.75, 3.05) is 6.54 Å². The van der Waals surface area contributed by atoms with Gasteiger partial charge in [-0.2, -0.15) is 5.10 Å². The second kappa shape index (κ2) is 5.96. The lowest BCUT2D eigenvalue weighted by Crippen LogP contribution is -2.15. The van der Waals surface area contributed by atoms with Crippen LogP contribution in [-0.4, -0.2) is 17.8 Å². The first kappa shape index (κ1) is 10.2. The molecule has 0 fully saturated rings. The Labute approximate surface area is 69.6 Å².